The SMILES string of the molecule is CCCc1cccc(C(NC)c2cccc(Cl)c2C)c1. The molecule has 0 bridgehead atoms. The molecular formula is C18H22ClN. The van der Waals surface area contributed by atoms with Gasteiger partial charge in [-0.05, 0) is 48.7 Å². The second kappa shape index (κ2) is 6.92. The molecule has 0 aliphatic heterocycles. The van der Waals surface area contributed by atoms with Gasteiger partial charge < -0.3 is 5.32 Å². The summed E-state index contributed by atoms with van der Waals surface area (Å²) in [5.74, 6) is 0. The highest BCUT2D eigenvalue weighted by Gasteiger charge is 2.15. The second-order valence-corrected chi connectivity index (χ2v) is 5.58. The van der Waals surface area contributed by atoms with E-state index < -0.39 is 0 Å². The van der Waals surface area contributed by atoms with Gasteiger partial charge in [0.1, 0.15) is 0 Å². The minimum atomic E-state index is 0.186. The standard InChI is InChI=1S/C18H22ClN/c1-4-7-14-8-5-9-15(12-14)18(20-3)16-10-6-11-17(19)13(16)2/h5-6,8-12,18,20H,4,7H2,1-3H3. The molecule has 0 saturated heterocycles. The molecular weight excluding hydrogens is 266 g/mol. The number of halogens is 1. The lowest BCUT2D eigenvalue weighted by Crippen LogP contribution is -2.19. The predicted molar refractivity (Wildman–Crippen MR) is 87.5 cm³/mol. The van der Waals surface area contributed by atoms with Gasteiger partial charge in [-0.3, -0.25) is 0 Å². The quantitative estimate of drug-likeness (QED) is 0.824. The minimum Gasteiger partial charge on any atom is -0.309 e. The molecule has 0 aliphatic rings. The van der Waals surface area contributed by atoms with Crippen molar-refractivity contribution in [1.82, 2.24) is 5.32 Å². The van der Waals surface area contributed by atoms with Crippen LogP contribution in [0.2, 0.25) is 5.02 Å². The first-order chi connectivity index (χ1) is 9.67. The van der Waals surface area contributed by atoms with Crippen molar-refractivity contribution >= 4 is 11.6 Å². The summed E-state index contributed by atoms with van der Waals surface area (Å²) in [4.78, 5) is 0. The monoisotopic (exact) mass is 287 g/mol. The summed E-state index contributed by atoms with van der Waals surface area (Å²) >= 11 is 6.26. The average molecular weight is 288 g/mol. The van der Waals surface area contributed by atoms with Gasteiger partial charge in [0.05, 0.1) is 6.04 Å². The minimum absolute atomic E-state index is 0.186. The van der Waals surface area contributed by atoms with Crippen LogP contribution in [-0.4, -0.2) is 7.05 Å². The van der Waals surface area contributed by atoms with Gasteiger partial charge >= 0.3 is 0 Å². The molecule has 2 aromatic carbocycles. The Kier molecular flexibility index (Phi) is 5.22. The summed E-state index contributed by atoms with van der Waals surface area (Å²) in [6.45, 7) is 4.29. The lowest BCUT2D eigenvalue weighted by Gasteiger charge is -2.20. The lowest BCUT2D eigenvalue weighted by atomic mass is 9.93. The Labute approximate surface area is 127 Å². The molecule has 106 valence electrons. The maximum absolute atomic E-state index is 6.26. The van der Waals surface area contributed by atoms with Gasteiger partial charge in [-0.1, -0.05) is 61.3 Å². The van der Waals surface area contributed by atoms with Gasteiger partial charge in [-0.2, -0.15) is 0 Å². The van der Waals surface area contributed by atoms with E-state index in [0.29, 0.717) is 0 Å². The summed E-state index contributed by atoms with van der Waals surface area (Å²) < 4.78 is 0. The number of benzene rings is 2. The number of aryl methyl sites for hydroxylation is 1. The molecule has 0 spiro atoms. The van der Waals surface area contributed by atoms with Crippen LogP contribution in [0, 0.1) is 6.92 Å². The van der Waals surface area contributed by atoms with Gasteiger partial charge in [0.2, 0.25) is 0 Å². The normalized spacial score (nSPS) is 12.4. The van der Waals surface area contributed by atoms with Gasteiger partial charge in [-0.15, -0.1) is 0 Å². The third-order valence-corrected chi connectivity index (χ3v) is 4.14. The molecule has 0 heterocycles. The second-order valence-electron chi connectivity index (χ2n) is 5.17. The van der Waals surface area contributed by atoms with Crippen molar-refractivity contribution in [1.29, 1.82) is 0 Å². The van der Waals surface area contributed by atoms with Crippen molar-refractivity contribution in [3.63, 3.8) is 0 Å². The third kappa shape index (κ3) is 3.23. The van der Waals surface area contributed by atoms with E-state index in [-0.39, 0.29) is 6.04 Å². The fourth-order valence-electron chi connectivity index (χ4n) is 2.66. The van der Waals surface area contributed by atoms with Gasteiger partial charge in [0.15, 0.2) is 0 Å². The van der Waals surface area contributed by atoms with Gasteiger partial charge in [0, 0.05) is 5.02 Å². The Morgan fingerprint density at radius 2 is 1.90 bits per heavy atom. The van der Waals surface area contributed by atoms with E-state index in [0.717, 1.165) is 17.0 Å². The van der Waals surface area contributed by atoms with Crippen molar-refractivity contribution in [3.8, 4) is 0 Å². The molecule has 0 amide bonds. The fraction of sp³-hybridized carbons (Fsp3) is 0.333. The Hall–Kier alpha value is -1.31. The maximum Gasteiger partial charge on any atom is 0.0577 e. The summed E-state index contributed by atoms with van der Waals surface area (Å²) in [6, 6.07) is 15.1. The molecule has 2 rings (SSSR count). The number of rotatable bonds is 5. The summed E-state index contributed by atoms with van der Waals surface area (Å²) in [6.07, 6.45) is 2.29. The summed E-state index contributed by atoms with van der Waals surface area (Å²) in [5.41, 5.74) is 5.08. The van der Waals surface area contributed by atoms with Crippen molar-refractivity contribution in [3.05, 3.63) is 69.7 Å². The van der Waals surface area contributed by atoms with Gasteiger partial charge in [-0.25, -0.2) is 0 Å². The van der Waals surface area contributed by atoms with Gasteiger partial charge in [0.25, 0.3) is 0 Å². The highest BCUT2D eigenvalue weighted by molar-refractivity contribution is 6.31. The highest BCUT2D eigenvalue weighted by atomic mass is 35.5. The third-order valence-electron chi connectivity index (χ3n) is 3.73. The van der Waals surface area contributed by atoms with Crippen LogP contribution in [0.4, 0.5) is 0 Å². The van der Waals surface area contributed by atoms with Crippen LogP contribution < -0.4 is 5.32 Å². The molecule has 2 aromatic rings. The van der Waals surface area contributed by atoms with Crippen molar-refractivity contribution in [2.75, 3.05) is 7.05 Å². The molecule has 0 saturated carbocycles. The van der Waals surface area contributed by atoms with E-state index in [9.17, 15) is 0 Å². The molecule has 0 aliphatic carbocycles. The molecule has 0 radical (unpaired) electrons. The molecule has 1 N–H and O–H groups in total. The van der Waals surface area contributed by atoms with Crippen LogP contribution in [-0.2, 0) is 6.42 Å². The lowest BCUT2D eigenvalue weighted by molar-refractivity contribution is 0.686. The Morgan fingerprint density at radius 1 is 1.15 bits per heavy atom. The first kappa shape index (κ1) is 15.1. The Bertz CT molecular complexity index is 577. The number of nitrogens with one attached hydrogen (secondary N) is 1. The number of hydrogen-bond acceptors (Lipinski definition) is 1. The van der Waals surface area contributed by atoms with Crippen LogP contribution >= 0.6 is 11.6 Å². The zero-order valence-corrected chi connectivity index (χ0v) is 13.2. The molecule has 1 nitrogen and oxygen atoms in total. The van der Waals surface area contributed by atoms with E-state index >= 15 is 0 Å². The topological polar surface area (TPSA) is 12.0 Å². The van der Waals surface area contributed by atoms with E-state index in [1.54, 1.807) is 0 Å². The van der Waals surface area contributed by atoms with Crippen LogP contribution in [0.3, 0.4) is 0 Å². The molecule has 2 heteroatoms. The smallest absolute Gasteiger partial charge is 0.0577 e. The first-order valence-electron chi connectivity index (χ1n) is 7.18. The fourth-order valence-corrected chi connectivity index (χ4v) is 2.84. The molecule has 20 heavy (non-hydrogen) atoms. The van der Waals surface area contributed by atoms with Crippen molar-refractivity contribution < 1.29 is 0 Å². The summed E-state index contributed by atoms with van der Waals surface area (Å²) in [7, 11) is 2.00. The average Bonchev–Trinajstić information content (AvgIpc) is 2.45. The predicted octanol–water partition coefficient (Wildman–Crippen LogP) is 4.91. The summed E-state index contributed by atoms with van der Waals surface area (Å²) in [5, 5.41) is 4.24. The number of hydrogen-bond donors (Lipinski definition) is 1. The molecule has 1 unspecified atom stereocenters. The molecule has 0 fully saturated rings. The van der Waals surface area contributed by atoms with Crippen molar-refractivity contribution in [2.24, 2.45) is 0 Å². The largest absolute Gasteiger partial charge is 0.309 e. The Morgan fingerprint density at radius 3 is 2.60 bits per heavy atom. The van der Waals surface area contributed by atoms with Crippen LogP contribution in [0.15, 0.2) is 42.5 Å². The first-order valence-corrected chi connectivity index (χ1v) is 7.56. The van der Waals surface area contributed by atoms with E-state index in [1.165, 1.54) is 23.1 Å². The van der Waals surface area contributed by atoms with Crippen molar-refractivity contribution in [2.45, 2.75) is 32.7 Å². The molecule has 1 atom stereocenters. The molecule has 0 aromatic heterocycles. The van der Waals surface area contributed by atoms with Crippen LogP contribution in [0.1, 0.15) is 41.6 Å². The maximum atomic E-state index is 6.26. The highest BCUT2D eigenvalue weighted by Crippen LogP contribution is 2.29. The van der Waals surface area contributed by atoms with E-state index in [4.69, 9.17) is 11.6 Å². The van der Waals surface area contributed by atoms with E-state index in [1.807, 2.05) is 19.2 Å². The zero-order chi connectivity index (χ0) is 14.5. The van der Waals surface area contributed by atoms with Crippen LogP contribution in [0.5, 0.6) is 0 Å². The van der Waals surface area contributed by atoms with E-state index in [2.05, 4.69) is 49.5 Å². The Balaban J connectivity index is 2.41. The van der Waals surface area contributed by atoms with Crippen LogP contribution in [0.25, 0.3) is 0 Å². The zero-order valence-electron chi connectivity index (χ0n) is 12.4.